The lowest BCUT2D eigenvalue weighted by Gasteiger charge is -2.34. The van der Waals surface area contributed by atoms with Crippen LogP contribution in [0.5, 0.6) is 11.5 Å². The second-order valence-electron chi connectivity index (χ2n) is 6.76. The number of amides is 1. The quantitative estimate of drug-likeness (QED) is 0.626. The van der Waals surface area contributed by atoms with Gasteiger partial charge in [0.25, 0.3) is 15.9 Å². The van der Waals surface area contributed by atoms with Crippen molar-refractivity contribution in [2.24, 2.45) is 0 Å². The summed E-state index contributed by atoms with van der Waals surface area (Å²) in [6.45, 7) is -0.192. The number of rotatable bonds is 5. The first kappa shape index (κ1) is 21.0. The number of para-hydroxylation sites is 2. The Kier molecular flexibility index (Phi) is 5.75. The van der Waals surface area contributed by atoms with Crippen LogP contribution in [0.25, 0.3) is 0 Å². The molecule has 0 fully saturated rings. The highest BCUT2D eigenvalue weighted by Gasteiger charge is 2.37. The fourth-order valence-corrected chi connectivity index (χ4v) is 4.95. The van der Waals surface area contributed by atoms with E-state index in [0.717, 1.165) is 0 Å². The molecule has 3 aromatic rings. The number of halogens is 1. The van der Waals surface area contributed by atoms with Gasteiger partial charge in [0, 0.05) is 5.02 Å². The van der Waals surface area contributed by atoms with Gasteiger partial charge in [-0.2, -0.15) is 0 Å². The Morgan fingerprint density at radius 3 is 2.55 bits per heavy atom. The predicted octanol–water partition coefficient (Wildman–Crippen LogP) is 3.94. The van der Waals surface area contributed by atoms with Crippen molar-refractivity contribution < 1.29 is 22.7 Å². The van der Waals surface area contributed by atoms with Crippen molar-refractivity contribution >= 4 is 38.9 Å². The van der Waals surface area contributed by atoms with E-state index in [1.165, 1.54) is 23.5 Å². The number of methoxy groups -OCH3 is 1. The number of sulfonamides is 1. The number of fused-ring (bicyclic) bond motifs is 1. The first-order valence-electron chi connectivity index (χ1n) is 9.38. The molecule has 0 radical (unpaired) electrons. The lowest BCUT2D eigenvalue weighted by Crippen LogP contribution is -2.48. The fourth-order valence-electron chi connectivity index (χ4n) is 3.28. The Balaban J connectivity index is 1.67. The maximum absolute atomic E-state index is 13.3. The van der Waals surface area contributed by atoms with Gasteiger partial charge in [0.1, 0.15) is 11.5 Å². The summed E-state index contributed by atoms with van der Waals surface area (Å²) in [5, 5.41) is 3.14. The van der Waals surface area contributed by atoms with Crippen molar-refractivity contribution in [1.29, 1.82) is 0 Å². The third-order valence-corrected chi connectivity index (χ3v) is 6.81. The van der Waals surface area contributed by atoms with Gasteiger partial charge in [-0.25, -0.2) is 8.42 Å². The van der Waals surface area contributed by atoms with Crippen molar-refractivity contribution in [2.75, 3.05) is 23.3 Å². The van der Waals surface area contributed by atoms with Crippen LogP contribution in [0.3, 0.4) is 0 Å². The average molecular weight is 459 g/mol. The highest BCUT2D eigenvalue weighted by molar-refractivity contribution is 7.92. The molecule has 3 aromatic carbocycles. The molecular weight excluding hydrogens is 440 g/mol. The lowest BCUT2D eigenvalue weighted by atomic mass is 10.2. The maximum Gasteiger partial charge on any atom is 0.267 e. The first-order valence-corrected chi connectivity index (χ1v) is 11.2. The molecule has 1 heterocycles. The van der Waals surface area contributed by atoms with Gasteiger partial charge in [0.2, 0.25) is 0 Å². The number of benzene rings is 3. The largest absolute Gasteiger partial charge is 0.495 e. The highest BCUT2D eigenvalue weighted by Crippen LogP contribution is 2.37. The number of ether oxygens (including phenoxy) is 2. The Morgan fingerprint density at radius 1 is 1.10 bits per heavy atom. The molecule has 1 amide bonds. The molecular formula is C22H19ClN2O5S. The van der Waals surface area contributed by atoms with Crippen molar-refractivity contribution in [3.8, 4) is 11.5 Å². The van der Waals surface area contributed by atoms with E-state index in [1.54, 1.807) is 60.7 Å². The SMILES string of the molecule is COc1ccc(Cl)cc1NC(=O)C1CN(S(=O)(=O)c2ccccc2)c2ccccc2O1. The molecule has 1 aliphatic heterocycles. The van der Waals surface area contributed by atoms with Crippen molar-refractivity contribution in [1.82, 2.24) is 0 Å². The second-order valence-corrected chi connectivity index (χ2v) is 9.06. The summed E-state index contributed by atoms with van der Waals surface area (Å²) in [6.07, 6.45) is -1.09. The number of hydrogen-bond acceptors (Lipinski definition) is 5. The number of nitrogens with one attached hydrogen (secondary N) is 1. The number of nitrogens with zero attached hydrogens (tertiary/aromatic N) is 1. The van der Waals surface area contributed by atoms with Crippen LogP contribution < -0.4 is 19.1 Å². The molecule has 1 atom stereocenters. The Labute approximate surface area is 185 Å². The topological polar surface area (TPSA) is 84.9 Å². The van der Waals surface area contributed by atoms with E-state index in [4.69, 9.17) is 21.1 Å². The van der Waals surface area contributed by atoms with Crippen molar-refractivity contribution in [3.05, 3.63) is 77.8 Å². The van der Waals surface area contributed by atoms with Crippen LogP contribution >= 0.6 is 11.6 Å². The summed E-state index contributed by atoms with van der Waals surface area (Å²) in [6, 6.07) is 19.6. The summed E-state index contributed by atoms with van der Waals surface area (Å²) in [5.74, 6) is 0.192. The molecule has 9 heteroatoms. The van der Waals surface area contributed by atoms with Crippen LogP contribution in [0, 0.1) is 0 Å². The van der Waals surface area contributed by atoms with Gasteiger partial charge in [-0.1, -0.05) is 41.9 Å². The van der Waals surface area contributed by atoms with Gasteiger partial charge in [-0.15, -0.1) is 0 Å². The first-order chi connectivity index (χ1) is 14.9. The molecule has 0 aliphatic carbocycles. The predicted molar refractivity (Wildman–Crippen MR) is 118 cm³/mol. The second kappa shape index (κ2) is 8.49. The van der Waals surface area contributed by atoms with Crippen molar-refractivity contribution in [3.63, 3.8) is 0 Å². The standard InChI is InChI=1S/C22H19ClN2O5S/c1-29-19-12-11-15(23)13-17(19)24-22(26)21-14-25(18-9-5-6-10-20(18)30-21)31(27,28)16-7-3-2-4-8-16/h2-13,21H,14H2,1H3,(H,24,26). The zero-order valence-corrected chi connectivity index (χ0v) is 18.1. The Bertz CT molecular complexity index is 1220. The fraction of sp³-hybridized carbons (Fsp3) is 0.136. The zero-order chi connectivity index (χ0) is 22.0. The normalized spacial score (nSPS) is 15.5. The monoisotopic (exact) mass is 458 g/mol. The van der Waals surface area contributed by atoms with Crippen LogP contribution in [0.1, 0.15) is 0 Å². The van der Waals surface area contributed by atoms with Crippen LogP contribution in [-0.2, 0) is 14.8 Å². The third kappa shape index (κ3) is 4.17. The summed E-state index contributed by atoms with van der Waals surface area (Å²) in [4.78, 5) is 13.1. The molecule has 31 heavy (non-hydrogen) atoms. The molecule has 0 spiro atoms. The minimum atomic E-state index is -3.91. The maximum atomic E-state index is 13.3. The summed E-state index contributed by atoms with van der Waals surface area (Å²) >= 11 is 6.04. The van der Waals surface area contributed by atoms with Gasteiger partial charge in [0.05, 0.1) is 29.9 Å². The van der Waals surface area contributed by atoms with Crippen LogP contribution in [0.15, 0.2) is 77.7 Å². The minimum Gasteiger partial charge on any atom is -0.495 e. The summed E-state index contributed by atoms with van der Waals surface area (Å²) < 4.78 is 38.9. The van der Waals surface area contributed by atoms with E-state index in [-0.39, 0.29) is 11.4 Å². The number of carbonyl (C=O) groups is 1. The molecule has 7 nitrogen and oxygen atoms in total. The summed E-state index contributed by atoms with van der Waals surface area (Å²) in [5.41, 5.74) is 0.732. The highest BCUT2D eigenvalue weighted by atomic mass is 35.5. The zero-order valence-electron chi connectivity index (χ0n) is 16.5. The molecule has 0 saturated carbocycles. The van der Waals surface area contributed by atoms with Gasteiger partial charge < -0.3 is 14.8 Å². The minimum absolute atomic E-state index is 0.127. The van der Waals surface area contributed by atoms with Gasteiger partial charge >= 0.3 is 0 Å². The van der Waals surface area contributed by atoms with E-state index >= 15 is 0 Å². The molecule has 160 valence electrons. The molecule has 1 unspecified atom stereocenters. The molecule has 0 bridgehead atoms. The van der Waals surface area contributed by atoms with Crippen LogP contribution in [-0.4, -0.2) is 34.1 Å². The average Bonchev–Trinajstić information content (AvgIpc) is 2.79. The van der Waals surface area contributed by atoms with Crippen LogP contribution in [0.4, 0.5) is 11.4 Å². The number of carbonyl (C=O) groups excluding carboxylic acids is 1. The molecule has 0 saturated heterocycles. The van der Waals surface area contributed by atoms with E-state index in [2.05, 4.69) is 5.32 Å². The molecule has 1 N–H and O–H groups in total. The summed E-state index contributed by atoms with van der Waals surface area (Å²) in [7, 11) is -2.43. The number of anilines is 2. The molecule has 0 aromatic heterocycles. The van der Waals surface area contributed by atoms with E-state index < -0.39 is 22.0 Å². The third-order valence-electron chi connectivity index (χ3n) is 4.78. The lowest BCUT2D eigenvalue weighted by molar-refractivity contribution is -0.122. The van der Waals surface area contributed by atoms with Gasteiger partial charge in [-0.3, -0.25) is 9.10 Å². The van der Waals surface area contributed by atoms with E-state index in [1.807, 2.05) is 0 Å². The number of hydrogen-bond donors (Lipinski definition) is 1. The van der Waals surface area contributed by atoms with Gasteiger partial charge in [0.15, 0.2) is 6.10 Å². The Morgan fingerprint density at radius 2 is 1.81 bits per heavy atom. The van der Waals surface area contributed by atoms with Crippen molar-refractivity contribution in [2.45, 2.75) is 11.0 Å². The Hall–Kier alpha value is -3.23. The van der Waals surface area contributed by atoms with E-state index in [9.17, 15) is 13.2 Å². The van der Waals surface area contributed by atoms with Crippen LogP contribution in [0.2, 0.25) is 5.02 Å². The smallest absolute Gasteiger partial charge is 0.267 e. The van der Waals surface area contributed by atoms with Gasteiger partial charge in [-0.05, 0) is 42.5 Å². The van der Waals surface area contributed by atoms with E-state index in [0.29, 0.717) is 27.9 Å². The molecule has 1 aliphatic rings. The molecule has 4 rings (SSSR count).